The van der Waals surface area contributed by atoms with Crippen LogP contribution in [0, 0.1) is 10.1 Å². The van der Waals surface area contributed by atoms with Crippen molar-refractivity contribution in [3.63, 3.8) is 0 Å². The van der Waals surface area contributed by atoms with Gasteiger partial charge in [0.15, 0.2) is 0 Å². The first-order valence-corrected chi connectivity index (χ1v) is 7.21. The second-order valence-electron chi connectivity index (χ2n) is 4.22. The van der Waals surface area contributed by atoms with Gasteiger partial charge in [-0.3, -0.25) is 10.1 Å². The van der Waals surface area contributed by atoms with Gasteiger partial charge < -0.3 is 10.1 Å². The number of anilines is 1. The Hall–Kier alpha value is -1.79. The first-order valence-electron chi connectivity index (χ1n) is 6.04. The SMILES string of the molecule is CNc1ccc(COc2ccc(Cl)cc2Br)cc1[N+](=O)[O-]. The lowest BCUT2D eigenvalue weighted by Gasteiger charge is -2.09. The summed E-state index contributed by atoms with van der Waals surface area (Å²) in [7, 11) is 1.64. The van der Waals surface area contributed by atoms with Crippen molar-refractivity contribution < 1.29 is 9.66 Å². The average Bonchev–Trinajstić information content (AvgIpc) is 2.46. The summed E-state index contributed by atoms with van der Waals surface area (Å²) < 4.78 is 6.37. The molecule has 0 amide bonds. The van der Waals surface area contributed by atoms with Crippen LogP contribution in [0.25, 0.3) is 0 Å². The Kier molecular flexibility index (Phi) is 5.03. The third-order valence-corrected chi connectivity index (χ3v) is 3.67. The second kappa shape index (κ2) is 6.78. The van der Waals surface area contributed by atoms with Crippen molar-refractivity contribution in [2.45, 2.75) is 6.61 Å². The molecular weight excluding hydrogens is 360 g/mol. The number of nitrogens with zero attached hydrogens (tertiary/aromatic N) is 1. The molecule has 0 aromatic heterocycles. The number of hydrogen-bond acceptors (Lipinski definition) is 4. The molecule has 5 nitrogen and oxygen atoms in total. The highest BCUT2D eigenvalue weighted by atomic mass is 79.9. The molecule has 0 bridgehead atoms. The lowest BCUT2D eigenvalue weighted by Crippen LogP contribution is -2.00. The summed E-state index contributed by atoms with van der Waals surface area (Å²) in [6.45, 7) is 0.227. The van der Waals surface area contributed by atoms with Crippen LogP contribution in [0.2, 0.25) is 5.02 Å². The van der Waals surface area contributed by atoms with Crippen LogP contribution in [0.15, 0.2) is 40.9 Å². The number of nitrogens with one attached hydrogen (secondary N) is 1. The summed E-state index contributed by atoms with van der Waals surface area (Å²) in [4.78, 5) is 10.6. The van der Waals surface area contributed by atoms with Crippen molar-refractivity contribution in [3.05, 3.63) is 61.6 Å². The third kappa shape index (κ3) is 3.86. The zero-order chi connectivity index (χ0) is 15.4. The van der Waals surface area contributed by atoms with Crippen molar-refractivity contribution in [1.29, 1.82) is 0 Å². The summed E-state index contributed by atoms with van der Waals surface area (Å²) in [5, 5.41) is 14.4. The van der Waals surface area contributed by atoms with Crippen LogP contribution in [0.1, 0.15) is 5.56 Å². The van der Waals surface area contributed by atoms with Crippen molar-refractivity contribution in [2.75, 3.05) is 12.4 Å². The number of ether oxygens (including phenoxy) is 1. The predicted octanol–water partition coefficient (Wildman–Crippen LogP) is 4.63. The number of rotatable bonds is 5. The molecule has 0 saturated carbocycles. The molecule has 2 rings (SSSR count). The van der Waals surface area contributed by atoms with Gasteiger partial charge in [0, 0.05) is 18.1 Å². The second-order valence-corrected chi connectivity index (χ2v) is 5.51. The van der Waals surface area contributed by atoms with Gasteiger partial charge in [0.2, 0.25) is 0 Å². The van der Waals surface area contributed by atoms with E-state index in [-0.39, 0.29) is 12.3 Å². The van der Waals surface area contributed by atoms with Crippen LogP contribution in [0.3, 0.4) is 0 Å². The molecule has 0 heterocycles. The summed E-state index contributed by atoms with van der Waals surface area (Å²) >= 11 is 9.21. The number of halogens is 2. The Bertz CT molecular complexity index is 679. The van der Waals surface area contributed by atoms with Gasteiger partial charge >= 0.3 is 0 Å². The molecule has 2 aromatic carbocycles. The molecule has 0 saturated heterocycles. The van der Waals surface area contributed by atoms with Crippen molar-refractivity contribution in [2.24, 2.45) is 0 Å². The maximum atomic E-state index is 11.0. The maximum absolute atomic E-state index is 11.0. The highest BCUT2D eigenvalue weighted by Gasteiger charge is 2.13. The van der Waals surface area contributed by atoms with Crippen LogP contribution in [-0.2, 0) is 6.61 Å². The van der Waals surface area contributed by atoms with E-state index in [1.54, 1.807) is 37.4 Å². The van der Waals surface area contributed by atoms with Crippen molar-refractivity contribution in [1.82, 2.24) is 0 Å². The van der Waals surface area contributed by atoms with Gasteiger partial charge in [0.05, 0.1) is 9.40 Å². The minimum Gasteiger partial charge on any atom is -0.488 e. The number of nitro benzene ring substituents is 1. The van der Waals surface area contributed by atoms with Crippen LogP contribution in [0.5, 0.6) is 5.75 Å². The van der Waals surface area contributed by atoms with Crippen LogP contribution >= 0.6 is 27.5 Å². The van der Waals surface area contributed by atoms with E-state index in [2.05, 4.69) is 21.2 Å². The fourth-order valence-electron chi connectivity index (χ4n) is 1.78. The van der Waals surface area contributed by atoms with Crippen molar-refractivity contribution >= 4 is 38.9 Å². The summed E-state index contributed by atoms with van der Waals surface area (Å²) in [5.41, 5.74) is 1.20. The normalized spacial score (nSPS) is 10.2. The smallest absolute Gasteiger partial charge is 0.292 e. The molecular formula is C14H12BrClN2O3. The molecule has 0 spiro atoms. The zero-order valence-electron chi connectivity index (χ0n) is 11.1. The van der Waals surface area contributed by atoms with Gasteiger partial charge in [-0.1, -0.05) is 17.7 Å². The van der Waals surface area contributed by atoms with Crippen molar-refractivity contribution in [3.8, 4) is 5.75 Å². The lowest BCUT2D eigenvalue weighted by molar-refractivity contribution is -0.384. The number of benzene rings is 2. The molecule has 0 aliphatic rings. The quantitative estimate of drug-likeness (QED) is 0.614. The van der Waals surface area contributed by atoms with Gasteiger partial charge in [0.1, 0.15) is 18.0 Å². The topological polar surface area (TPSA) is 64.4 Å². The highest BCUT2D eigenvalue weighted by molar-refractivity contribution is 9.10. The van der Waals surface area contributed by atoms with E-state index in [0.717, 1.165) is 4.47 Å². The molecule has 21 heavy (non-hydrogen) atoms. The van der Waals surface area contributed by atoms with Gasteiger partial charge in [-0.15, -0.1) is 0 Å². The molecule has 110 valence electrons. The fourth-order valence-corrected chi connectivity index (χ4v) is 2.58. The molecule has 0 aliphatic carbocycles. The number of hydrogen-bond donors (Lipinski definition) is 1. The maximum Gasteiger partial charge on any atom is 0.292 e. The minimum absolute atomic E-state index is 0.0220. The molecule has 7 heteroatoms. The largest absolute Gasteiger partial charge is 0.488 e. The van der Waals surface area contributed by atoms with Gasteiger partial charge in [-0.05, 0) is 45.8 Å². The Morgan fingerprint density at radius 1 is 1.33 bits per heavy atom. The standard InChI is InChI=1S/C14H12BrClN2O3/c1-17-12-4-2-9(6-13(12)18(19)20)8-21-14-5-3-10(16)7-11(14)15/h2-7,17H,8H2,1H3. The monoisotopic (exact) mass is 370 g/mol. The average molecular weight is 372 g/mol. The summed E-state index contributed by atoms with van der Waals surface area (Å²) in [6, 6.07) is 10.1. The van der Waals surface area contributed by atoms with E-state index in [9.17, 15) is 10.1 Å². The molecule has 0 radical (unpaired) electrons. The Morgan fingerprint density at radius 2 is 2.10 bits per heavy atom. The van der Waals surface area contributed by atoms with Gasteiger partial charge in [-0.25, -0.2) is 0 Å². The molecule has 2 aromatic rings. The summed E-state index contributed by atoms with van der Waals surface area (Å²) in [6.07, 6.45) is 0. The van der Waals surface area contributed by atoms with E-state index < -0.39 is 4.92 Å². The van der Waals surface area contributed by atoms with Crippen LogP contribution in [-0.4, -0.2) is 12.0 Å². The van der Waals surface area contributed by atoms with E-state index >= 15 is 0 Å². The summed E-state index contributed by atoms with van der Waals surface area (Å²) in [5.74, 6) is 0.625. The fraction of sp³-hybridized carbons (Fsp3) is 0.143. The molecule has 0 aliphatic heterocycles. The minimum atomic E-state index is -0.423. The van der Waals surface area contributed by atoms with Gasteiger partial charge in [0.25, 0.3) is 5.69 Å². The Labute approximate surface area is 135 Å². The Balaban J connectivity index is 2.16. The van der Waals surface area contributed by atoms with Gasteiger partial charge in [-0.2, -0.15) is 0 Å². The lowest BCUT2D eigenvalue weighted by atomic mass is 10.2. The van der Waals surface area contributed by atoms with E-state index in [1.165, 1.54) is 6.07 Å². The van der Waals surface area contributed by atoms with Crippen LogP contribution < -0.4 is 10.1 Å². The molecule has 1 N–H and O–H groups in total. The van der Waals surface area contributed by atoms with E-state index in [1.807, 2.05) is 0 Å². The Morgan fingerprint density at radius 3 is 2.71 bits per heavy atom. The first-order chi connectivity index (χ1) is 10.0. The zero-order valence-corrected chi connectivity index (χ0v) is 13.4. The third-order valence-electron chi connectivity index (χ3n) is 2.82. The highest BCUT2D eigenvalue weighted by Crippen LogP contribution is 2.30. The molecule has 0 unspecified atom stereocenters. The van der Waals surface area contributed by atoms with E-state index in [4.69, 9.17) is 16.3 Å². The first kappa shape index (κ1) is 15.6. The van der Waals surface area contributed by atoms with E-state index in [0.29, 0.717) is 22.0 Å². The van der Waals surface area contributed by atoms with Crippen LogP contribution in [0.4, 0.5) is 11.4 Å². The number of nitro groups is 1. The molecule has 0 fully saturated rings. The predicted molar refractivity (Wildman–Crippen MR) is 86.1 cm³/mol. The molecule has 0 atom stereocenters.